The lowest BCUT2D eigenvalue weighted by atomic mass is 9.73. The molecule has 4 nitrogen and oxygen atoms in total. The number of benzene rings is 1. The molecule has 4 rings (SSSR count). The van der Waals surface area contributed by atoms with E-state index in [1.165, 1.54) is 29.0 Å². The van der Waals surface area contributed by atoms with Gasteiger partial charge in [0, 0.05) is 24.0 Å². The lowest BCUT2D eigenvalue weighted by Gasteiger charge is -2.40. The third-order valence-corrected chi connectivity index (χ3v) is 6.91. The van der Waals surface area contributed by atoms with Gasteiger partial charge in [-0.25, -0.2) is 4.98 Å². The fraction of sp³-hybridized carbons (Fsp3) is 0.545. The second-order valence-corrected chi connectivity index (χ2v) is 9.38. The predicted octanol–water partition coefficient (Wildman–Crippen LogP) is 4.08. The molecule has 1 aliphatic carbocycles. The van der Waals surface area contributed by atoms with Crippen LogP contribution in [0.3, 0.4) is 0 Å². The molecule has 0 saturated carbocycles. The average Bonchev–Trinajstić information content (AvgIpc) is 3.24. The van der Waals surface area contributed by atoms with Crippen molar-refractivity contribution in [3.05, 3.63) is 52.0 Å². The SMILES string of the molecule is CC(C)NC(=O)C[C@@H]1CC2(CCN(Cc3nccs3)CC2)c2ccccc21. The molecule has 0 unspecified atom stereocenters. The largest absolute Gasteiger partial charge is 0.354 e. The van der Waals surface area contributed by atoms with Crippen molar-refractivity contribution in [2.45, 2.75) is 63.5 Å². The third-order valence-electron chi connectivity index (χ3n) is 6.15. The first-order valence-corrected chi connectivity index (χ1v) is 10.9. The van der Waals surface area contributed by atoms with Crippen molar-refractivity contribution >= 4 is 17.2 Å². The summed E-state index contributed by atoms with van der Waals surface area (Å²) in [5, 5.41) is 6.34. The Kier molecular flexibility index (Phi) is 5.33. The number of piperidine rings is 1. The Morgan fingerprint density at radius 2 is 2.11 bits per heavy atom. The topological polar surface area (TPSA) is 45.2 Å². The van der Waals surface area contributed by atoms with E-state index in [9.17, 15) is 4.79 Å². The van der Waals surface area contributed by atoms with Gasteiger partial charge in [-0.3, -0.25) is 9.69 Å². The zero-order chi connectivity index (χ0) is 18.9. The molecule has 2 aliphatic rings. The normalized spacial score (nSPS) is 21.5. The smallest absolute Gasteiger partial charge is 0.220 e. The fourth-order valence-corrected chi connectivity index (χ4v) is 5.61. The predicted molar refractivity (Wildman–Crippen MR) is 110 cm³/mol. The Morgan fingerprint density at radius 3 is 2.81 bits per heavy atom. The van der Waals surface area contributed by atoms with Gasteiger partial charge in [-0.1, -0.05) is 24.3 Å². The zero-order valence-electron chi connectivity index (χ0n) is 16.3. The number of nitrogens with one attached hydrogen (secondary N) is 1. The number of rotatable bonds is 5. The van der Waals surface area contributed by atoms with Crippen LogP contribution in [0.1, 0.15) is 61.6 Å². The van der Waals surface area contributed by atoms with Gasteiger partial charge >= 0.3 is 0 Å². The zero-order valence-corrected chi connectivity index (χ0v) is 17.1. The molecule has 1 spiro atoms. The molecule has 2 heterocycles. The number of likely N-dealkylation sites (tertiary alicyclic amines) is 1. The van der Waals surface area contributed by atoms with E-state index >= 15 is 0 Å². The summed E-state index contributed by atoms with van der Waals surface area (Å²) in [4.78, 5) is 19.4. The van der Waals surface area contributed by atoms with E-state index in [0.29, 0.717) is 12.3 Å². The van der Waals surface area contributed by atoms with Gasteiger partial charge in [0.15, 0.2) is 0 Å². The van der Waals surface area contributed by atoms with Gasteiger partial charge in [-0.15, -0.1) is 11.3 Å². The number of carbonyl (C=O) groups is 1. The lowest BCUT2D eigenvalue weighted by Crippen LogP contribution is -2.41. The van der Waals surface area contributed by atoms with E-state index in [4.69, 9.17) is 0 Å². The first kappa shape index (κ1) is 18.6. The van der Waals surface area contributed by atoms with Crippen molar-refractivity contribution in [2.24, 2.45) is 0 Å². The summed E-state index contributed by atoms with van der Waals surface area (Å²) in [7, 11) is 0. The molecule has 5 heteroatoms. The standard InChI is InChI=1S/C22H29N3OS/c1-16(2)24-20(26)13-17-14-22(19-6-4-3-5-18(17)19)7-10-25(11-8-22)15-21-23-9-12-27-21/h3-6,9,12,16-17H,7-8,10-11,13-15H2,1-2H3,(H,24,26)/t17-/m1/s1. The molecular weight excluding hydrogens is 354 g/mol. The maximum Gasteiger partial charge on any atom is 0.220 e. The summed E-state index contributed by atoms with van der Waals surface area (Å²) in [5.41, 5.74) is 3.16. The molecule has 1 amide bonds. The minimum atomic E-state index is 0.183. The molecule has 1 N–H and O–H groups in total. The molecule has 0 radical (unpaired) electrons. The van der Waals surface area contributed by atoms with Gasteiger partial charge in [0.2, 0.25) is 5.91 Å². The fourth-order valence-electron chi connectivity index (χ4n) is 4.95. The minimum absolute atomic E-state index is 0.183. The maximum atomic E-state index is 12.4. The van der Waals surface area contributed by atoms with Crippen LogP contribution in [0.4, 0.5) is 0 Å². The van der Waals surface area contributed by atoms with Crippen LogP contribution in [0.15, 0.2) is 35.8 Å². The van der Waals surface area contributed by atoms with Crippen LogP contribution in [0.2, 0.25) is 0 Å². The van der Waals surface area contributed by atoms with Gasteiger partial charge in [-0.05, 0) is 68.7 Å². The third kappa shape index (κ3) is 3.94. The molecule has 27 heavy (non-hydrogen) atoms. The Bertz CT molecular complexity index is 779. The molecule has 1 atom stereocenters. The van der Waals surface area contributed by atoms with Crippen LogP contribution < -0.4 is 5.32 Å². The van der Waals surface area contributed by atoms with E-state index < -0.39 is 0 Å². The molecule has 1 aromatic heterocycles. The number of fused-ring (bicyclic) bond motifs is 2. The van der Waals surface area contributed by atoms with Gasteiger partial charge in [0.25, 0.3) is 0 Å². The quantitative estimate of drug-likeness (QED) is 0.846. The van der Waals surface area contributed by atoms with E-state index in [0.717, 1.165) is 26.1 Å². The molecule has 0 bridgehead atoms. The Balaban J connectivity index is 1.46. The second-order valence-electron chi connectivity index (χ2n) is 8.40. The van der Waals surface area contributed by atoms with Gasteiger partial charge in [0.1, 0.15) is 5.01 Å². The van der Waals surface area contributed by atoms with Crippen molar-refractivity contribution in [3.8, 4) is 0 Å². The van der Waals surface area contributed by atoms with Crippen LogP contribution in [0, 0.1) is 0 Å². The first-order valence-electron chi connectivity index (χ1n) is 10.1. The van der Waals surface area contributed by atoms with Gasteiger partial charge < -0.3 is 5.32 Å². The number of hydrogen-bond donors (Lipinski definition) is 1. The number of carbonyl (C=O) groups excluding carboxylic acids is 1. The summed E-state index contributed by atoms with van der Waals surface area (Å²) in [6, 6.07) is 9.06. The molecular formula is C22H29N3OS. The van der Waals surface area contributed by atoms with E-state index in [2.05, 4.69) is 44.8 Å². The average molecular weight is 384 g/mol. The molecule has 2 aromatic rings. The molecule has 144 valence electrons. The molecule has 1 aromatic carbocycles. The monoisotopic (exact) mass is 383 g/mol. The summed E-state index contributed by atoms with van der Waals surface area (Å²) < 4.78 is 0. The Hall–Kier alpha value is -1.72. The number of aromatic nitrogens is 1. The number of nitrogens with zero attached hydrogens (tertiary/aromatic N) is 2. The Labute approximate surface area is 166 Å². The summed E-state index contributed by atoms with van der Waals surface area (Å²) in [6.45, 7) is 7.24. The lowest BCUT2D eigenvalue weighted by molar-refractivity contribution is -0.122. The summed E-state index contributed by atoms with van der Waals surface area (Å²) in [6.07, 6.45) is 5.98. The first-order chi connectivity index (χ1) is 13.1. The van der Waals surface area contributed by atoms with E-state index in [1.54, 1.807) is 11.3 Å². The van der Waals surface area contributed by atoms with Crippen LogP contribution in [-0.2, 0) is 16.8 Å². The number of amides is 1. The van der Waals surface area contributed by atoms with Crippen LogP contribution in [0.5, 0.6) is 0 Å². The van der Waals surface area contributed by atoms with Crippen LogP contribution >= 0.6 is 11.3 Å². The highest BCUT2D eigenvalue weighted by atomic mass is 32.1. The van der Waals surface area contributed by atoms with Crippen molar-refractivity contribution in [2.75, 3.05) is 13.1 Å². The minimum Gasteiger partial charge on any atom is -0.354 e. The van der Waals surface area contributed by atoms with E-state index in [1.807, 2.05) is 20.0 Å². The number of thiazole rings is 1. The van der Waals surface area contributed by atoms with E-state index in [-0.39, 0.29) is 17.4 Å². The maximum absolute atomic E-state index is 12.4. The highest BCUT2D eigenvalue weighted by molar-refractivity contribution is 7.09. The van der Waals surface area contributed by atoms with Gasteiger partial charge in [0.05, 0.1) is 6.54 Å². The summed E-state index contributed by atoms with van der Waals surface area (Å²) in [5.74, 6) is 0.536. The van der Waals surface area contributed by atoms with Crippen molar-refractivity contribution in [3.63, 3.8) is 0 Å². The highest BCUT2D eigenvalue weighted by Crippen LogP contribution is 2.52. The number of hydrogen-bond acceptors (Lipinski definition) is 4. The van der Waals surface area contributed by atoms with Crippen molar-refractivity contribution in [1.82, 2.24) is 15.2 Å². The van der Waals surface area contributed by atoms with Crippen LogP contribution in [0.25, 0.3) is 0 Å². The Morgan fingerprint density at radius 1 is 1.33 bits per heavy atom. The highest BCUT2D eigenvalue weighted by Gasteiger charge is 2.45. The second kappa shape index (κ2) is 7.72. The van der Waals surface area contributed by atoms with Crippen molar-refractivity contribution in [1.29, 1.82) is 0 Å². The van der Waals surface area contributed by atoms with Gasteiger partial charge in [-0.2, -0.15) is 0 Å². The van der Waals surface area contributed by atoms with Crippen molar-refractivity contribution < 1.29 is 4.79 Å². The van der Waals surface area contributed by atoms with Crippen LogP contribution in [-0.4, -0.2) is 34.9 Å². The molecule has 1 fully saturated rings. The molecule has 1 aliphatic heterocycles. The summed E-state index contributed by atoms with van der Waals surface area (Å²) >= 11 is 1.74. The molecule has 1 saturated heterocycles.